The van der Waals surface area contributed by atoms with Crippen LogP contribution in [0.1, 0.15) is 18.4 Å². The molecular weight excluding hydrogens is 302 g/mol. The minimum absolute atomic E-state index is 0.433. The lowest BCUT2D eigenvalue weighted by Gasteiger charge is -2.39. The summed E-state index contributed by atoms with van der Waals surface area (Å²) in [5.74, 6) is 2.90. The van der Waals surface area contributed by atoms with E-state index >= 15 is 0 Å². The van der Waals surface area contributed by atoms with Gasteiger partial charge in [-0.05, 0) is 13.8 Å². The summed E-state index contributed by atoms with van der Waals surface area (Å²) in [5, 5.41) is 0. The largest absolute Gasteiger partial charge is 0.363 e. The highest BCUT2D eigenvalue weighted by Crippen LogP contribution is 2.20. The monoisotopic (exact) mass is 329 g/mol. The third-order valence-electron chi connectivity index (χ3n) is 4.60. The number of nitrogens with zero attached hydrogens (tertiary/aromatic N) is 7. The molecule has 0 aromatic carbocycles. The van der Waals surface area contributed by atoms with Gasteiger partial charge in [-0.25, -0.2) is 9.97 Å². The molecule has 0 saturated carbocycles. The highest BCUT2D eigenvalue weighted by atomic mass is 15.3. The summed E-state index contributed by atoms with van der Waals surface area (Å²) in [6.07, 6.45) is 3.86. The van der Waals surface area contributed by atoms with Crippen LogP contribution in [0.5, 0.6) is 0 Å². The van der Waals surface area contributed by atoms with Gasteiger partial charge in [0.15, 0.2) is 0 Å². The predicted molar refractivity (Wildman–Crippen MR) is 96.4 cm³/mol. The Morgan fingerprint density at radius 3 is 2.67 bits per heavy atom. The first kappa shape index (κ1) is 16.7. The van der Waals surface area contributed by atoms with Crippen molar-refractivity contribution in [2.75, 3.05) is 43.5 Å². The number of hydrogen-bond donors (Lipinski definition) is 0. The van der Waals surface area contributed by atoms with Gasteiger partial charge in [0, 0.05) is 71.0 Å². The van der Waals surface area contributed by atoms with Gasteiger partial charge in [-0.1, -0.05) is 0 Å². The fourth-order valence-electron chi connectivity index (χ4n) is 3.05. The van der Waals surface area contributed by atoms with Crippen LogP contribution < -0.4 is 9.80 Å². The van der Waals surface area contributed by atoms with Gasteiger partial charge in [-0.15, -0.1) is 0 Å². The molecule has 3 rings (SSSR count). The van der Waals surface area contributed by atoms with Gasteiger partial charge in [-0.2, -0.15) is 4.98 Å². The molecule has 0 aliphatic carbocycles. The first-order valence-electron chi connectivity index (χ1n) is 8.42. The number of imidazole rings is 1. The van der Waals surface area contributed by atoms with Gasteiger partial charge in [0.25, 0.3) is 0 Å². The zero-order chi connectivity index (χ0) is 17.3. The molecule has 2 aromatic heterocycles. The Hall–Kier alpha value is -2.15. The van der Waals surface area contributed by atoms with Crippen LogP contribution in [0, 0.1) is 6.92 Å². The molecule has 3 heterocycles. The van der Waals surface area contributed by atoms with Gasteiger partial charge >= 0.3 is 0 Å². The summed E-state index contributed by atoms with van der Waals surface area (Å²) in [6.45, 7) is 8.03. The minimum atomic E-state index is 0.433. The Kier molecular flexibility index (Phi) is 4.71. The van der Waals surface area contributed by atoms with Gasteiger partial charge in [0.05, 0.1) is 6.54 Å². The van der Waals surface area contributed by atoms with Crippen LogP contribution >= 0.6 is 0 Å². The van der Waals surface area contributed by atoms with Gasteiger partial charge in [-0.3, -0.25) is 4.90 Å². The van der Waals surface area contributed by atoms with Crippen molar-refractivity contribution in [1.82, 2.24) is 24.4 Å². The average molecular weight is 329 g/mol. The lowest BCUT2D eigenvalue weighted by Crippen LogP contribution is -2.52. The fraction of sp³-hybridized carbons (Fsp3) is 0.588. The predicted octanol–water partition coefficient (Wildman–Crippen LogP) is 1.30. The Morgan fingerprint density at radius 2 is 2.04 bits per heavy atom. The van der Waals surface area contributed by atoms with Crippen LogP contribution in [0.4, 0.5) is 11.8 Å². The van der Waals surface area contributed by atoms with Crippen molar-refractivity contribution in [3.63, 3.8) is 0 Å². The highest BCUT2D eigenvalue weighted by molar-refractivity contribution is 5.45. The Bertz CT molecular complexity index is 694. The summed E-state index contributed by atoms with van der Waals surface area (Å²) in [4.78, 5) is 20.6. The number of hydrogen-bond acceptors (Lipinski definition) is 6. The van der Waals surface area contributed by atoms with E-state index in [1.165, 1.54) is 0 Å². The topological polar surface area (TPSA) is 53.3 Å². The SMILES string of the molecule is Cc1cc(N(C)C)nc(N2CCN(Cc3nccn3C)[C@@H](C)C2)n1. The molecule has 7 heteroatoms. The average Bonchev–Trinajstić information content (AvgIpc) is 2.93. The quantitative estimate of drug-likeness (QED) is 0.843. The summed E-state index contributed by atoms with van der Waals surface area (Å²) >= 11 is 0. The van der Waals surface area contributed by atoms with E-state index in [1.807, 2.05) is 51.4 Å². The van der Waals surface area contributed by atoms with Crippen molar-refractivity contribution in [2.24, 2.45) is 7.05 Å². The number of piperazine rings is 1. The lowest BCUT2D eigenvalue weighted by atomic mass is 10.2. The Morgan fingerprint density at radius 1 is 1.25 bits per heavy atom. The normalized spacial score (nSPS) is 18.9. The van der Waals surface area contributed by atoms with Crippen LogP contribution in [-0.2, 0) is 13.6 Å². The molecule has 1 aliphatic heterocycles. The van der Waals surface area contributed by atoms with Crippen LogP contribution in [0.3, 0.4) is 0 Å². The van der Waals surface area contributed by atoms with E-state index in [9.17, 15) is 0 Å². The highest BCUT2D eigenvalue weighted by Gasteiger charge is 2.26. The maximum atomic E-state index is 4.71. The van der Waals surface area contributed by atoms with E-state index in [4.69, 9.17) is 4.98 Å². The molecule has 1 saturated heterocycles. The zero-order valence-corrected chi connectivity index (χ0v) is 15.3. The molecule has 1 atom stereocenters. The number of rotatable bonds is 4. The van der Waals surface area contributed by atoms with Crippen molar-refractivity contribution < 1.29 is 0 Å². The second-order valence-corrected chi connectivity index (χ2v) is 6.78. The van der Waals surface area contributed by atoms with E-state index in [-0.39, 0.29) is 0 Å². The standard InChI is InChI=1S/C17H27N7/c1-13-10-15(21(3)4)20-17(19-13)24-9-8-23(14(2)11-24)12-16-18-6-7-22(16)5/h6-7,10,14H,8-9,11-12H2,1-5H3/t14-/m0/s1. The third-order valence-corrected chi connectivity index (χ3v) is 4.60. The summed E-state index contributed by atoms with van der Waals surface area (Å²) in [5.41, 5.74) is 1.01. The zero-order valence-electron chi connectivity index (χ0n) is 15.3. The number of aromatic nitrogens is 4. The third kappa shape index (κ3) is 3.51. The summed E-state index contributed by atoms with van der Waals surface area (Å²) in [6, 6.07) is 2.45. The molecule has 1 aliphatic rings. The first-order chi connectivity index (χ1) is 11.4. The molecule has 0 N–H and O–H groups in total. The molecule has 1 fully saturated rings. The van der Waals surface area contributed by atoms with Gasteiger partial charge < -0.3 is 14.4 Å². The maximum absolute atomic E-state index is 4.71. The molecule has 7 nitrogen and oxygen atoms in total. The molecule has 0 spiro atoms. The van der Waals surface area contributed by atoms with E-state index < -0.39 is 0 Å². The van der Waals surface area contributed by atoms with E-state index in [0.717, 1.165) is 49.5 Å². The second-order valence-electron chi connectivity index (χ2n) is 6.78. The molecule has 130 valence electrons. The smallest absolute Gasteiger partial charge is 0.227 e. The second kappa shape index (κ2) is 6.76. The Labute approximate surface area is 143 Å². The van der Waals surface area contributed by atoms with Crippen LogP contribution in [0.15, 0.2) is 18.5 Å². The van der Waals surface area contributed by atoms with E-state index in [0.29, 0.717) is 6.04 Å². The van der Waals surface area contributed by atoms with Gasteiger partial charge in [0.1, 0.15) is 11.6 Å². The van der Waals surface area contributed by atoms with Crippen molar-refractivity contribution in [3.05, 3.63) is 30.0 Å². The van der Waals surface area contributed by atoms with Crippen molar-refractivity contribution >= 4 is 11.8 Å². The van der Waals surface area contributed by atoms with Crippen LogP contribution in [0.25, 0.3) is 0 Å². The Balaban J connectivity index is 1.70. The van der Waals surface area contributed by atoms with Crippen LogP contribution in [-0.4, -0.2) is 64.2 Å². The molecular formula is C17H27N7. The van der Waals surface area contributed by atoms with E-state index in [1.54, 1.807) is 0 Å². The van der Waals surface area contributed by atoms with Crippen LogP contribution in [0.2, 0.25) is 0 Å². The molecule has 24 heavy (non-hydrogen) atoms. The fourth-order valence-corrected chi connectivity index (χ4v) is 3.05. The lowest BCUT2D eigenvalue weighted by molar-refractivity contribution is 0.174. The molecule has 0 unspecified atom stereocenters. The molecule has 0 amide bonds. The first-order valence-corrected chi connectivity index (χ1v) is 8.42. The van der Waals surface area contributed by atoms with Crippen molar-refractivity contribution in [3.8, 4) is 0 Å². The van der Waals surface area contributed by atoms with Crippen molar-refractivity contribution in [2.45, 2.75) is 26.4 Å². The summed E-state index contributed by atoms with van der Waals surface area (Å²) < 4.78 is 2.09. The minimum Gasteiger partial charge on any atom is -0.363 e. The van der Waals surface area contributed by atoms with Crippen molar-refractivity contribution in [1.29, 1.82) is 0 Å². The molecule has 2 aromatic rings. The number of aryl methyl sites for hydroxylation is 2. The number of anilines is 2. The van der Waals surface area contributed by atoms with Gasteiger partial charge in [0.2, 0.25) is 5.95 Å². The maximum Gasteiger partial charge on any atom is 0.227 e. The summed E-state index contributed by atoms with van der Waals surface area (Å²) in [7, 11) is 6.07. The molecule has 0 radical (unpaired) electrons. The van der Waals surface area contributed by atoms with E-state index in [2.05, 4.69) is 31.3 Å². The molecule has 0 bridgehead atoms.